The maximum atomic E-state index is 10.7. The molecule has 0 aliphatic carbocycles. The Balaban J connectivity index is 3.24. The number of anilines is 1. The lowest BCUT2D eigenvalue weighted by atomic mass is 10.1. The Bertz CT molecular complexity index is 470. The highest BCUT2D eigenvalue weighted by Crippen LogP contribution is 2.22. The normalized spacial score (nSPS) is 9.50. The number of benzene rings is 1. The van der Waals surface area contributed by atoms with Crippen LogP contribution in [0.1, 0.15) is 10.4 Å². The second-order valence-electron chi connectivity index (χ2n) is 2.72. The number of nitro groups is 1. The number of hydrogen-bond acceptors (Lipinski definition) is 4. The first-order valence-corrected chi connectivity index (χ1v) is 3.93. The summed E-state index contributed by atoms with van der Waals surface area (Å²) in [6.45, 7) is 0. The molecule has 1 amide bonds. The maximum Gasteiger partial charge on any atom is 0.409 e. The summed E-state index contributed by atoms with van der Waals surface area (Å²) in [4.78, 5) is 30.7. The van der Waals surface area contributed by atoms with Gasteiger partial charge in [-0.2, -0.15) is 0 Å². The van der Waals surface area contributed by atoms with Crippen molar-refractivity contribution in [2.45, 2.75) is 0 Å². The summed E-state index contributed by atoms with van der Waals surface area (Å²) in [5.74, 6) is -1.45. The van der Waals surface area contributed by atoms with E-state index in [0.717, 1.165) is 18.2 Å². The minimum atomic E-state index is -1.45. The lowest BCUT2D eigenvalue weighted by Gasteiger charge is -2.04. The fourth-order valence-electron chi connectivity index (χ4n) is 1.05. The molecule has 1 aromatic carbocycles. The molecule has 1 aromatic rings. The van der Waals surface area contributed by atoms with Gasteiger partial charge >= 0.3 is 12.1 Å². The van der Waals surface area contributed by atoms with Crippen LogP contribution in [0.2, 0.25) is 0 Å². The molecule has 0 fully saturated rings. The molecule has 0 atom stereocenters. The van der Waals surface area contributed by atoms with Crippen LogP contribution in [0, 0.1) is 10.1 Å². The maximum absolute atomic E-state index is 10.7. The molecule has 0 spiro atoms. The lowest BCUT2D eigenvalue weighted by molar-refractivity contribution is -0.384. The third-order valence-corrected chi connectivity index (χ3v) is 1.69. The van der Waals surface area contributed by atoms with E-state index in [2.05, 4.69) is 0 Å². The number of carboxylic acid groups (broad SMARTS) is 2. The molecular weight excluding hydrogens is 220 g/mol. The van der Waals surface area contributed by atoms with Crippen molar-refractivity contribution in [2.75, 3.05) is 5.32 Å². The number of nitro benzene ring substituents is 1. The zero-order valence-corrected chi connectivity index (χ0v) is 7.71. The largest absolute Gasteiger partial charge is 0.478 e. The van der Waals surface area contributed by atoms with E-state index in [0.29, 0.717) is 0 Å². The Labute approximate surface area is 88.3 Å². The van der Waals surface area contributed by atoms with Crippen LogP contribution >= 0.6 is 0 Å². The van der Waals surface area contributed by atoms with Crippen molar-refractivity contribution in [1.82, 2.24) is 0 Å². The lowest BCUT2D eigenvalue weighted by Crippen LogP contribution is -2.12. The average molecular weight is 226 g/mol. The summed E-state index contributed by atoms with van der Waals surface area (Å²) in [6.07, 6.45) is -1.45. The van der Waals surface area contributed by atoms with E-state index < -0.39 is 28.2 Å². The Morgan fingerprint density at radius 3 is 2.38 bits per heavy atom. The van der Waals surface area contributed by atoms with Gasteiger partial charge in [-0.15, -0.1) is 0 Å². The number of aromatic carboxylic acids is 1. The summed E-state index contributed by atoms with van der Waals surface area (Å²) >= 11 is 0. The first-order chi connectivity index (χ1) is 7.41. The van der Waals surface area contributed by atoms with Crippen molar-refractivity contribution in [2.24, 2.45) is 0 Å². The van der Waals surface area contributed by atoms with Crippen molar-refractivity contribution < 1.29 is 24.7 Å². The third-order valence-electron chi connectivity index (χ3n) is 1.69. The van der Waals surface area contributed by atoms with Gasteiger partial charge < -0.3 is 10.2 Å². The van der Waals surface area contributed by atoms with Crippen molar-refractivity contribution in [3.63, 3.8) is 0 Å². The van der Waals surface area contributed by atoms with Gasteiger partial charge in [0.1, 0.15) is 0 Å². The molecule has 84 valence electrons. The summed E-state index contributed by atoms with van der Waals surface area (Å²) in [5, 5.41) is 29.4. The average Bonchev–Trinajstić information content (AvgIpc) is 2.16. The molecule has 0 aliphatic rings. The zero-order valence-electron chi connectivity index (χ0n) is 7.71. The molecule has 8 nitrogen and oxygen atoms in total. The van der Waals surface area contributed by atoms with Gasteiger partial charge in [-0.1, -0.05) is 0 Å². The topological polar surface area (TPSA) is 130 Å². The second-order valence-corrected chi connectivity index (χ2v) is 2.72. The van der Waals surface area contributed by atoms with Crippen LogP contribution in [0.4, 0.5) is 16.2 Å². The summed E-state index contributed by atoms with van der Waals surface area (Å²) in [7, 11) is 0. The van der Waals surface area contributed by atoms with Gasteiger partial charge in [0.2, 0.25) is 0 Å². The molecule has 0 unspecified atom stereocenters. The molecule has 0 saturated heterocycles. The van der Waals surface area contributed by atoms with Gasteiger partial charge in [0, 0.05) is 12.1 Å². The SMILES string of the molecule is O=C(O)Nc1ccc([N+](=O)[O-])cc1C(=O)O. The number of nitrogens with zero attached hydrogens (tertiary/aromatic N) is 1. The number of rotatable bonds is 3. The van der Waals surface area contributed by atoms with Gasteiger partial charge in [-0.25, -0.2) is 9.59 Å². The predicted octanol–water partition coefficient (Wildman–Crippen LogP) is 1.38. The van der Waals surface area contributed by atoms with Gasteiger partial charge in [0.25, 0.3) is 5.69 Å². The first kappa shape index (κ1) is 11.4. The van der Waals surface area contributed by atoms with Crippen LogP contribution in [0.25, 0.3) is 0 Å². The summed E-state index contributed by atoms with van der Waals surface area (Å²) in [6, 6.07) is 2.82. The van der Waals surface area contributed by atoms with Crippen LogP contribution in [0.3, 0.4) is 0 Å². The van der Waals surface area contributed by atoms with E-state index in [4.69, 9.17) is 10.2 Å². The fourth-order valence-corrected chi connectivity index (χ4v) is 1.05. The van der Waals surface area contributed by atoms with Crippen LogP contribution in [-0.4, -0.2) is 27.2 Å². The quantitative estimate of drug-likeness (QED) is 0.527. The van der Waals surface area contributed by atoms with E-state index in [1.165, 1.54) is 0 Å². The third kappa shape index (κ3) is 2.44. The van der Waals surface area contributed by atoms with E-state index in [-0.39, 0.29) is 5.69 Å². The molecule has 8 heteroatoms. The Kier molecular flexibility index (Phi) is 3.04. The van der Waals surface area contributed by atoms with Gasteiger partial charge in [0.15, 0.2) is 0 Å². The van der Waals surface area contributed by atoms with Gasteiger partial charge in [0.05, 0.1) is 16.2 Å². The molecule has 0 saturated carbocycles. The van der Waals surface area contributed by atoms with Crippen molar-refractivity contribution >= 4 is 23.4 Å². The van der Waals surface area contributed by atoms with E-state index in [1.54, 1.807) is 0 Å². The molecule has 0 radical (unpaired) electrons. The zero-order chi connectivity index (χ0) is 12.3. The number of carbonyl (C=O) groups is 2. The van der Waals surface area contributed by atoms with Crippen molar-refractivity contribution in [3.8, 4) is 0 Å². The summed E-state index contributed by atoms with van der Waals surface area (Å²) in [5.41, 5.74) is -1.12. The number of hydrogen-bond donors (Lipinski definition) is 3. The summed E-state index contributed by atoms with van der Waals surface area (Å²) < 4.78 is 0. The number of carboxylic acids is 1. The molecule has 0 heterocycles. The van der Waals surface area contributed by atoms with E-state index >= 15 is 0 Å². The predicted molar refractivity (Wildman–Crippen MR) is 51.7 cm³/mol. The number of nitrogens with one attached hydrogen (secondary N) is 1. The standard InChI is InChI=1S/C8H6N2O6/c11-7(12)5-3-4(10(15)16)1-2-6(5)9-8(13)14/h1-3,9H,(H,11,12)(H,13,14). The molecule has 0 aliphatic heterocycles. The second kappa shape index (κ2) is 4.26. The van der Waals surface area contributed by atoms with E-state index in [9.17, 15) is 19.7 Å². The van der Waals surface area contributed by atoms with Crippen LogP contribution < -0.4 is 5.32 Å². The Hall–Kier alpha value is -2.64. The molecule has 0 bridgehead atoms. The van der Waals surface area contributed by atoms with Crippen LogP contribution in [0.15, 0.2) is 18.2 Å². The highest BCUT2D eigenvalue weighted by atomic mass is 16.6. The fraction of sp³-hybridized carbons (Fsp3) is 0. The van der Waals surface area contributed by atoms with Crippen molar-refractivity contribution in [1.29, 1.82) is 0 Å². The van der Waals surface area contributed by atoms with Gasteiger partial charge in [-0.05, 0) is 6.07 Å². The Morgan fingerprint density at radius 2 is 1.94 bits per heavy atom. The highest BCUT2D eigenvalue weighted by molar-refractivity contribution is 5.99. The minimum Gasteiger partial charge on any atom is -0.478 e. The smallest absolute Gasteiger partial charge is 0.409 e. The molecular formula is C8H6N2O6. The van der Waals surface area contributed by atoms with Crippen LogP contribution in [-0.2, 0) is 0 Å². The van der Waals surface area contributed by atoms with Gasteiger partial charge in [-0.3, -0.25) is 15.4 Å². The molecule has 0 aromatic heterocycles. The molecule has 1 rings (SSSR count). The van der Waals surface area contributed by atoms with E-state index in [1.807, 2.05) is 5.32 Å². The number of amides is 1. The monoisotopic (exact) mass is 226 g/mol. The number of non-ortho nitro benzene ring substituents is 1. The minimum absolute atomic E-state index is 0.217. The Morgan fingerprint density at radius 1 is 1.31 bits per heavy atom. The molecule has 3 N–H and O–H groups in total. The van der Waals surface area contributed by atoms with Crippen molar-refractivity contribution in [3.05, 3.63) is 33.9 Å². The van der Waals surface area contributed by atoms with Crippen LogP contribution in [0.5, 0.6) is 0 Å². The highest BCUT2D eigenvalue weighted by Gasteiger charge is 2.16. The molecule has 16 heavy (non-hydrogen) atoms. The first-order valence-electron chi connectivity index (χ1n) is 3.93.